The molecule has 0 bridgehead atoms. The Morgan fingerprint density at radius 1 is 1.18 bits per heavy atom. The zero-order chi connectivity index (χ0) is 19.9. The second-order valence-electron chi connectivity index (χ2n) is 5.64. The molecule has 0 fully saturated rings. The lowest BCUT2D eigenvalue weighted by Crippen LogP contribution is -2.15. The summed E-state index contributed by atoms with van der Waals surface area (Å²) in [5.41, 5.74) is 1.66. The molecule has 0 radical (unpaired) electrons. The topological polar surface area (TPSA) is 106 Å². The lowest BCUT2D eigenvalue weighted by atomic mass is 10.2. The fourth-order valence-corrected chi connectivity index (χ4v) is 2.49. The minimum absolute atomic E-state index is 0.142. The molecular formula is C19H16ClN5O3. The van der Waals surface area contributed by atoms with Gasteiger partial charge in [-0.1, -0.05) is 17.7 Å². The van der Waals surface area contributed by atoms with Crippen molar-refractivity contribution < 1.29 is 14.3 Å². The predicted molar refractivity (Wildman–Crippen MR) is 104 cm³/mol. The van der Waals surface area contributed by atoms with Crippen LogP contribution in [0.25, 0.3) is 0 Å². The van der Waals surface area contributed by atoms with Crippen LogP contribution in [0.1, 0.15) is 26.4 Å². The van der Waals surface area contributed by atoms with E-state index in [1.807, 2.05) is 12.1 Å². The number of pyridine rings is 1. The molecule has 3 rings (SSSR count). The third-order valence-electron chi connectivity index (χ3n) is 3.73. The number of carbonyl (C=O) groups is 2. The summed E-state index contributed by atoms with van der Waals surface area (Å²) < 4.78 is 4.67. The molecule has 0 aliphatic rings. The van der Waals surface area contributed by atoms with Crippen LogP contribution in [0.3, 0.4) is 0 Å². The first kappa shape index (κ1) is 19.2. The van der Waals surface area contributed by atoms with E-state index in [-0.39, 0.29) is 22.0 Å². The Hall–Kier alpha value is -3.52. The Morgan fingerprint density at radius 3 is 2.79 bits per heavy atom. The Morgan fingerprint density at radius 2 is 2.04 bits per heavy atom. The first-order valence-electron chi connectivity index (χ1n) is 8.21. The van der Waals surface area contributed by atoms with Crippen molar-refractivity contribution >= 4 is 35.0 Å². The zero-order valence-corrected chi connectivity index (χ0v) is 15.6. The fraction of sp³-hybridized carbons (Fsp3) is 0.105. The van der Waals surface area contributed by atoms with Gasteiger partial charge in [0.15, 0.2) is 0 Å². The van der Waals surface area contributed by atoms with E-state index >= 15 is 0 Å². The normalized spacial score (nSPS) is 10.2. The van der Waals surface area contributed by atoms with Gasteiger partial charge in [-0.2, -0.15) is 0 Å². The number of aromatic nitrogens is 3. The number of anilines is 2. The first-order valence-corrected chi connectivity index (χ1v) is 8.58. The summed E-state index contributed by atoms with van der Waals surface area (Å²) in [6.07, 6.45) is 4.71. The lowest BCUT2D eigenvalue weighted by molar-refractivity contribution is 0.0600. The van der Waals surface area contributed by atoms with Gasteiger partial charge in [-0.3, -0.25) is 9.78 Å². The highest BCUT2D eigenvalue weighted by Gasteiger charge is 2.14. The van der Waals surface area contributed by atoms with Crippen molar-refractivity contribution in [2.45, 2.75) is 6.54 Å². The minimum atomic E-state index is -0.531. The van der Waals surface area contributed by atoms with Crippen molar-refractivity contribution in [2.75, 3.05) is 17.7 Å². The van der Waals surface area contributed by atoms with Crippen molar-refractivity contribution in [3.63, 3.8) is 0 Å². The molecule has 28 heavy (non-hydrogen) atoms. The monoisotopic (exact) mass is 397 g/mol. The number of benzene rings is 1. The predicted octanol–water partition coefficient (Wildman–Crippen LogP) is 3.18. The maximum Gasteiger partial charge on any atom is 0.337 e. The molecule has 2 aromatic heterocycles. The van der Waals surface area contributed by atoms with Gasteiger partial charge in [0, 0.05) is 25.0 Å². The van der Waals surface area contributed by atoms with Crippen LogP contribution >= 0.6 is 11.6 Å². The van der Waals surface area contributed by atoms with Crippen LogP contribution in [0, 0.1) is 0 Å². The van der Waals surface area contributed by atoms with E-state index < -0.39 is 11.9 Å². The maximum absolute atomic E-state index is 12.5. The molecule has 1 amide bonds. The molecule has 8 nitrogen and oxygen atoms in total. The van der Waals surface area contributed by atoms with Gasteiger partial charge in [0.05, 0.1) is 23.4 Å². The van der Waals surface area contributed by atoms with Gasteiger partial charge in [-0.15, -0.1) is 0 Å². The van der Waals surface area contributed by atoms with Crippen molar-refractivity contribution in [2.24, 2.45) is 0 Å². The fourth-order valence-electron chi connectivity index (χ4n) is 2.33. The summed E-state index contributed by atoms with van der Waals surface area (Å²) in [4.78, 5) is 36.3. The highest BCUT2D eigenvalue weighted by molar-refractivity contribution is 6.34. The van der Waals surface area contributed by atoms with Crippen molar-refractivity contribution in [3.05, 3.63) is 77.0 Å². The largest absolute Gasteiger partial charge is 0.465 e. The number of amides is 1. The van der Waals surface area contributed by atoms with Gasteiger partial charge in [0.25, 0.3) is 5.91 Å². The summed E-state index contributed by atoms with van der Waals surface area (Å²) in [5.74, 6) is -0.537. The van der Waals surface area contributed by atoms with Crippen LogP contribution in [0.5, 0.6) is 0 Å². The molecule has 142 valence electrons. The molecule has 9 heteroatoms. The SMILES string of the molecule is COC(=O)c1ccc(Cl)c(NC(=O)c2cc(NCc3cccnc3)ncn2)c1. The highest BCUT2D eigenvalue weighted by atomic mass is 35.5. The van der Waals surface area contributed by atoms with E-state index in [9.17, 15) is 9.59 Å². The third-order valence-corrected chi connectivity index (χ3v) is 4.06. The molecule has 3 aromatic rings. The number of esters is 1. The second-order valence-corrected chi connectivity index (χ2v) is 6.05. The van der Waals surface area contributed by atoms with Gasteiger partial charge < -0.3 is 15.4 Å². The van der Waals surface area contributed by atoms with Gasteiger partial charge >= 0.3 is 5.97 Å². The zero-order valence-electron chi connectivity index (χ0n) is 14.8. The quantitative estimate of drug-likeness (QED) is 0.615. The van der Waals surface area contributed by atoms with Crippen LogP contribution in [0.15, 0.2) is 55.1 Å². The van der Waals surface area contributed by atoms with Gasteiger partial charge in [-0.25, -0.2) is 14.8 Å². The van der Waals surface area contributed by atoms with E-state index in [0.717, 1.165) is 5.56 Å². The molecule has 2 heterocycles. The van der Waals surface area contributed by atoms with E-state index in [1.54, 1.807) is 12.4 Å². The van der Waals surface area contributed by atoms with Crippen molar-refractivity contribution in [3.8, 4) is 0 Å². The Labute approximate surface area is 166 Å². The molecule has 0 saturated heterocycles. The van der Waals surface area contributed by atoms with E-state index in [2.05, 4.69) is 30.3 Å². The third kappa shape index (κ3) is 4.80. The Kier molecular flexibility index (Phi) is 6.13. The summed E-state index contributed by atoms with van der Waals surface area (Å²) in [5, 5.41) is 6.03. The second kappa shape index (κ2) is 8.92. The van der Waals surface area contributed by atoms with Crippen LogP contribution < -0.4 is 10.6 Å². The number of hydrogen-bond acceptors (Lipinski definition) is 7. The lowest BCUT2D eigenvalue weighted by Gasteiger charge is -2.10. The molecule has 0 saturated carbocycles. The van der Waals surface area contributed by atoms with Gasteiger partial charge in [-0.05, 0) is 29.8 Å². The summed E-state index contributed by atoms with van der Waals surface area (Å²) in [6, 6.07) is 9.73. The molecule has 1 aromatic carbocycles. The average molecular weight is 398 g/mol. The highest BCUT2D eigenvalue weighted by Crippen LogP contribution is 2.24. The van der Waals surface area contributed by atoms with Gasteiger partial charge in [0.1, 0.15) is 17.8 Å². The molecule has 0 spiro atoms. The molecule has 0 aliphatic carbocycles. The smallest absolute Gasteiger partial charge is 0.337 e. The number of halogens is 1. The van der Waals surface area contributed by atoms with E-state index in [1.165, 1.54) is 37.7 Å². The Balaban J connectivity index is 1.72. The van der Waals surface area contributed by atoms with Gasteiger partial charge in [0.2, 0.25) is 0 Å². The number of methoxy groups -OCH3 is 1. The maximum atomic E-state index is 12.5. The molecule has 0 aliphatic heterocycles. The summed E-state index contributed by atoms with van der Waals surface area (Å²) >= 11 is 6.11. The molecule has 0 unspecified atom stereocenters. The van der Waals surface area contributed by atoms with E-state index in [4.69, 9.17) is 11.6 Å². The number of ether oxygens (including phenoxy) is 1. The van der Waals surface area contributed by atoms with Crippen LogP contribution in [0.2, 0.25) is 5.02 Å². The summed E-state index contributed by atoms with van der Waals surface area (Å²) in [7, 11) is 1.27. The number of nitrogens with one attached hydrogen (secondary N) is 2. The molecule has 0 atom stereocenters. The molecular weight excluding hydrogens is 382 g/mol. The molecule has 2 N–H and O–H groups in total. The summed E-state index contributed by atoms with van der Waals surface area (Å²) in [6.45, 7) is 0.499. The van der Waals surface area contributed by atoms with Crippen molar-refractivity contribution in [1.29, 1.82) is 0 Å². The van der Waals surface area contributed by atoms with Crippen LogP contribution in [-0.4, -0.2) is 33.9 Å². The number of hydrogen-bond donors (Lipinski definition) is 2. The van der Waals surface area contributed by atoms with Crippen LogP contribution in [-0.2, 0) is 11.3 Å². The van der Waals surface area contributed by atoms with Crippen LogP contribution in [0.4, 0.5) is 11.5 Å². The van der Waals surface area contributed by atoms with E-state index in [0.29, 0.717) is 12.4 Å². The number of nitrogens with zero attached hydrogens (tertiary/aromatic N) is 3. The Bertz CT molecular complexity index is 998. The number of rotatable bonds is 6. The minimum Gasteiger partial charge on any atom is -0.465 e. The first-order chi connectivity index (χ1) is 13.6. The standard InChI is InChI=1S/C19H16ClN5O3/c1-28-19(27)13-4-5-14(20)15(7-13)25-18(26)16-8-17(24-11-23-16)22-10-12-3-2-6-21-9-12/h2-9,11H,10H2,1H3,(H,25,26)(H,22,23,24). The average Bonchev–Trinajstić information content (AvgIpc) is 2.74. The number of carbonyl (C=O) groups excluding carboxylic acids is 2. The van der Waals surface area contributed by atoms with Crippen molar-refractivity contribution in [1.82, 2.24) is 15.0 Å².